The fraction of sp³-hybridized carbons (Fsp3) is 0.455. The van der Waals surface area contributed by atoms with Crippen molar-refractivity contribution < 1.29 is 12.6 Å². The van der Waals surface area contributed by atoms with E-state index in [1.807, 2.05) is 42.3 Å². The van der Waals surface area contributed by atoms with Crippen molar-refractivity contribution in [2.24, 2.45) is 0 Å². The normalized spacial score (nSPS) is 14.0. The molecule has 0 aliphatic heterocycles. The van der Waals surface area contributed by atoms with Crippen LogP contribution >= 0.6 is 0 Å². The molecule has 1 rings (SSSR count). The van der Waals surface area contributed by atoms with E-state index in [1.165, 1.54) is 0 Å². The van der Waals surface area contributed by atoms with Crippen LogP contribution in [0.2, 0.25) is 0 Å². The number of rotatable bonds is 5. The predicted molar refractivity (Wildman–Crippen MR) is 63.3 cm³/mol. The molecule has 5 heteroatoms. The minimum Gasteiger partial charge on any atom is -0.276 e. The van der Waals surface area contributed by atoms with Gasteiger partial charge in [0.1, 0.15) is 6.23 Å². The molecule has 0 heterocycles. The van der Waals surface area contributed by atoms with Gasteiger partial charge in [-0.05, 0) is 19.5 Å². The molecule has 0 aromatic heterocycles. The molecule has 1 unspecified atom stereocenters. The lowest BCUT2D eigenvalue weighted by atomic mass is 10.2. The first-order valence-corrected chi connectivity index (χ1v) is 6.82. The molecule has 0 aliphatic rings. The third-order valence-corrected chi connectivity index (χ3v) is 2.84. The number of benzene rings is 1. The Labute approximate surface area is 97.0 Å². The van der Waals surface area contributed by atoms with Crippen LogP contribution in [0.4, 0.5) is 0 Å². The lowest BCUT2D eigenvalue weighted by molar-refractivity contribution is 0.0619. The van der Waals surface area contributed by atoms with Gasteiger partial charge in [-0.25, -0.2) is 0 Å². The molecule has 1 aromatic rings. The summed E-state index contributed by atoms with van der Waals surface area (Å²) in [5.41, 5.74) is 1.12. The highest BCUT2D eigenvalue weighted by molar-refractivity contribution is 7.86. The molecule has 90 valence electrons. The summed E-state index contributed by atoms with van der Waals surface area (Å²) in [7, 11) is -1.58. The van der Waals surface area contributed by atoms with Crippen LogP contribution in [0.15, 0.2) is 30.3 Å². The average molecular weight is 243 g/mol. The fourth-order valence-corrected chi connectivity index (χ4v) is 1.98. The van der Waals surface area contributed by atoms with Crippen molar-refractivity contribution >= 4 is 10.1 Å². The second kappa shape index (κ2) is 5.43. The van der Waals surface area contributed by atoms with Gasteiger partial charge < -0.3 is 0 Å². The Morgan fingerprint density at radius 3 is 2.38 bits per heavy atom. The highest BCUT2D eigenvalue weighted by atomic mass is 32.2. The van der Waals surface area contributed by atoms with E-state index in [2.05, 4.69) is 0 Å². The highest BCUT2D eigenvalue weighted by Gasteiger charge is 2.15. The number of hydrogen-bond donors (Lipinski definition) is 0. The van der Waals surface area contributed by atoms with Crippen molar-refractivity contribution in [3.8, 4) is 0 Å². The van der Waals surface area contributed by atoms with Crippen LogP contribution in [0.1, 0.15) is 12.5 Å². The first kappa shape index (κ1) is 13.2. The molecule has 0 fully saturated rings. The van der Waals surface area contributed by atoms with Gasteiger partial charge in [0.15, 0.2) is 0 Å². The van der Waals surface area contributed by atoms with Gasteiger partial charge in [-0.15, -0.1) is 0 Å². The van der Waals surface area contributed by atoms with E-state index in [0.717, 1.165) is 11.8 Å². The molecular formula is C11H17NO3S. The van der Waals surface area contributed by atoms with Crippen molar-refractivity contribution in [2.45, 2.75) is 19.7 Å². The number of hydrogen-bond acceptors (Lipinski definition) is 4. The van der Waals surface area contributed by atoms with Crippen molar-refractivity contribution in [1.82, 2.24) is 4.90 Å². The van der Waals surface area contributed by atoms with E-state index in [-0.39, 0.29) is 0 Å². The maximum absolute atomic E-state index is 10.9. The standard InChI is InChI=1S/C11H17NO3S/c1-10(15-16(3,13)14)12(2)9-11-7-5-4-6-8-11/h4-8,10H,9H2,1-3H3. The first-order valence-electron chi connectivity index (χ1n) is 5.01. The van der Waals surface area contributed by atoms with Crippen LogP contribution in [0, 0.1) is 0 Å². The maximum atomic E-state index is 10.9. The van der Waals surface area contributed by atoms with Crippen LogP contribution < -0.4 is 0 Å². The van der Waals surface area contributed by atoms with Crippen LogP contribution in [0.25, 0.3) is 0 Å². The minimum absolute atomic E-state index is 0.463. The lowest BCUT2D eigenvalue weighted by Gasteiger charge is -2.23. The second-order valence-corrected chi connectivity index (χ2v) is 5.40. The third kappa shape index (κ3) is 4.74. The van der Waals surface area contributed by atoms with Gasteiger partial charge in [-0.2, -0.15) is 8.42 Å². The molecule has 0 saturated heterocycles. The molecule has 0 saturated carbocycles. The Hall–Kier alpha value is -0.910. The molecule has 0 amide bonds. The van der Waals surface area contributed by atoms with Gasteiger partial charge in [-0.1, -0.05) is 30.3 Å². The smallest absolute Gasteiger partial charge is 0.265 e. The van der Waals surface area contributed by atoms with E-state index < -0.39 is 16.3 Å². The third-order valence-electron chi connectivity index (χ3n) is 2.21. The van der Waals surface area contributed by atoms with Crippen molar-refractivity contribution in [3.63, 3.8) is 0 Å². The Kier molecular flexibility index (Phi) is 4.46. The van der Waals surface area contributed by atoms with Crippen molar-refractivity contribution in [1.29, 1.82) is 0 Å². The van der Waals surface area contributed by atoms with E-state index >= 15 is 0 Å². The van der Waals surface area contributed by atoms with E-state index in [1.54, 1.807) is 6.92 Å². The predicted octanol–water partition coefficient (Wildman–Crippen LogP) is 1.44. The Balaban J connectivity index is 2.56. The first-order chi connectivity index (χ1) is 7.38. The summed E-state index contributed by atoms with van der Waals surface area (Å²) in [6.45, 7) is 2.36. The Morgan fingerprint density at radius 2 is 1.88 bits per heavy atom. The SMILES string of the molecule is CC(OS(C)(=O)=O)N(C)Cc1ccccc1. The van der Waals surface area contributed by atoms with Gasteiger partial charge in [0, 0.05) is 6.54 Å². The summed E-state index contributed by atoms with van der Waals surface area (Å²) < 4.78 is 26.8. The highest BCUT2D eigenvalue weighted by Crippen LogP contribution is 2.08. The fourth-order valence-electron chi connectivity index (χ4n) is 1.33. The molecule has 16 heavy (non-hydrogen) atoms. The zero-order chi connectivity index (χ0) is 12.2. The minimum atomic E-state index is -3.40. The number of nitrogens with zero attached hydrogens (tertiary/aromatic N) is 1. The van der Waals surface area contributed by atoms with Gasteiger partial charge >= 0.3 is 0 Å². The molecule has 0 spiro atoms. The topological polar surface area (TPSA) is 46.6 Å². The van der Waals surface area contributed by atoms with E-state index in [4.69, 9.17) is 4.18 Å². The van der Waals surface area contributed by atoms with Crippen LogP contribution in [-0.4, -0.2) is 32.8 Å². The summed E-state index contributed by atoms with van der Waals surface area (Å²) in [4.78, 5) is 1.83. The Bertz CT molecular complexity index is 416. The van der Waals surface area contributed by atoms with E-state index in [9.17, 15) is 8.42 Å². The van der Waals surface area contributed by atoms with Crippen LogP contribution in [0.5, 0.6) is 0 Å². The largest absolute Gasteiger partial charge is 0.276 e. The van der Waals surface area contributed by atoms with Gasteiger partial charge in [0.25, 0.3) is 10.1 Å². The average Bonchev–Trinajstić information content (AvgIpc) is 2.16. The molecule has 0 radical (unpaired) electrons. The summed E-state index contributed by atoms with van der Waals surface area (Å²) in [5.74, 6) is 0. The molecule has 0 N–H and O–H groups in total. The zero-order valence-corrected chi connectivity index (χ0v) is 10.6. The van der Waals surface area contributed by atoms with Gasteiger partial charge in [-0.3, -0.25) is 9.08 Å². The quantitative estimate of drug-likeness (QED) is 0.580. The van der Waals surface area contributed by atoms with Crippen LogP contribution in [0.3, 0.4) is 0 Å². The van der Waals surface area contributed by atoms with Crippen LogP contribution in [-0.2, 0) is 20.8 Å². The molecular weight excluding hydrogens is 226 g/mol. The molecule has 1 aromatic carbocycles. The monoisotopic (exact) mass is 243 g/mol. The van der Waals surface area contributed by atoms with Crippen molar-refractivity contribution in [2.75, 3.05) is 13.3 Å². The summed E-state index contributed by atoms with van der Waals surface area (Å²) in [6.07, 6.45) is 0.593. The summed E-state index contributed by atoms with van der Waals surface area (Å²) in [6, 6.07) is 9.82. The zero-order valence-electron chi connectivity index (χ0n) is 9.75. The maximum Gasteiger partial charge on any atom is 0.265 e. The van der Waals surface area contributed by atoms with Gasteiger partial charge in [0.2, 0.25) is 0 Å². The molecule has 1 atom stereocenters. The van der Waals surface area contributed by atoms with Gasteiger partial charge in [0.05, 0.1) is 6.26 Å². The van der Waals surface area contributed by atoms with Crippen molar-refractivity contribution in [3.05, 3.63) is 35.9 Å². The second-order valence-electron chi connectivity index (χ2n) is 3.80. The molecule has 0 bridgehead atoms. The Morgan fingerprint density at radius 1 is 1.31 bits per heavy atom. The lowest BCUT2D eigenvalue weighted by Crippen LogP contribution is -2.32. The summed E-state index contributed by atoms with van der Waals surface area (Å²) >= 11 is 0. The molecule has 4 nitrogen and oxygen atoms in total. The van der Waals surface area contributed by atoms with E-state index in [0.29, 0.717) is 6.54 Å². The molecule has 0 aliphatic carbocycles. The summed E-state index contributed by atoms with van der Waals surface area (Å²) in [5, 5.41) is 0.